The molecule has 21 heavy (non-hydrogen) atoms. The molecule has 0 saturated carbocycles. The average molecular weight is 283 g/mol. The summed E-state index contributed by atoms with van der Waals surface area (Å²) in [4.78, 5) is 12.0. The number of carbonyl (C=O) groups excluding carboxylic acids is 1. The molecule has 3 rings (SSSR count). The number of hydrogen-bond acceptors (Lipinski definition) is 4. The maximum Gasteiger partial charge on any atom is 0.231 e. The minimum absolute atomic E-state index is 0.142. The number of carbonyl (C=O) groups is 1. The molecular weight excluding hydrogens is 266 g/mol. The van der Waals surface area contributed by atoms with E-state index in [1.807, 2.05) is 49.4 Å². The van der Waals surface area contributed by atoms with Gasteiger partial charge >= 0.3 is 0 Å². The van der Waals surface area contributed by atoms with Crippen LogP contribution in [-0.4, -0.2) is 19.1 Å². The number of Topliss-reactive ketones (excluding diaryl/α,β-unsaturated/α-hetero) is 1. The van der Waals surface area contributed by atoms with Gasteiger partial charge in [-0.15, -0.1) is 0 Å². The second-order valence-electron chi connectivity index (χ2n) is 5.03. The van der Waals surface area contributed by atoms with Crippen molar-refractivity contribution in [2.24, 2.45) is 0 Å². The summed E-state index contributed by atoms with van der Waals surface area (Å²) in [5.74, 6) is 1.64. The van der Waals surface area contributed by atoms with Gasteiger partial charge in [0.2, 0.25) is 6.79 Å². The van der Waals surface area contributed by atoms with E-state index >= 15 is 0 Å². The predicted molar refractivity (Wildman–Crippen MR) is 81.2 cm³/mol. The lowest BCUT2D eigenvalue weighted by Gasteiger charge is -2.07. The van der Waals surface area contributed by atoms with Gasteiger partial charge in [-0.2, -0.15) is 0 Å². The van der Waals surface area contributed by atoms with Gasteiger partial charge in [0.15, 0.2) is 17.3 Å². The monoisotopic (exact) mass is 283 g/mol. The summed E-state index contributed by atoms with van der Waals surface area (Å²) in [7, 11) is 0. The highest BCUT2D eigenvalue weighted by Crippen LogP contribution is 2.34. The highest BCUT2D eigenvalue weighted by Gasteiger charge is 2.13. The van der Waals surface area contributed by atoms with Crippen LogP contribution in [-0.2, 0) is 0 Å². The zero-order valence-corrected chi connectivity index (χ0v) is 11.9. The first kappa shape index (κ1) is 13.5. The number of ether oxygens (including phenoxy) is 2. The van der Waals surface area contributed by atoms with Crippen molar-refractivity contribution in [2.45, 2.75) is 13.3 Å². The van der Waals surface area contributed by atoms with E-state index in [4.69, 9.17) is 9.47 Å². The molecule has 0 spiro atoms. The number of fused-ring (bicyclic) bond motifs is 1. The zero-order valence-electron chi connectivity index (χ0n) is 11.9. The lowest BCUT2D eigenvalue weighted by atomic mass is 10.1. The summed E-state index contributed by atoms with van der Waals surface area (Å²) in [6.45, 7) is 2.87. The van der Waals surface area contributed by atoms with Crippen molar-refractivity contribution in [3.05, 3.63) is 53.6 Å². The Labute approximate surface area is 123 Å². The van der Waals surface area contributed by atoms with Crippen molar-refractivity contribution >= 4 is 11.5 Å². The molecular formula is C17H17NO3. The summed E-state index contributed by atoms with van der Waals surface area (Å²) < 4.78 is 10.6. The number of ketones is 1. The molecule has 0 amide bonds. The molecule has 2 aromatic rings. The van der Waals surface area contributed by atoms with E-state index in [0.717, 1.165) is 28.3 Å². The van der Waals surface area contributed by atoms with Crippen LogP contribution in [0.3, 0.4) is 0 Å². The Morgan fingerprint density at radius 2 is 1.86 bits per heavy atom. The van der Waals surface area contributed by atoms with Gasteiger partial charge in [-0.25, -0.2) is 0 Å². The summed E-state index contributed by atoms with van der Waals surface area (Å²) in [6, 6.07) is 13.3. The Hall–Kier alpha value is -2.49. The quantitative estimate of drug-likeness (QED) is 0.854. The molecule has 0 unspecified atom stereocenters. The maximum absolute atomic E-state index is 12.0. The summed E-state index contributed by atoms with van der Waals surface area (Å²) >= 11 is 0. The van der Waals surface area contributed by atoms with E-state index in [0.29, 0.717) is 13.0 Å². The first-order valence-electron chi connectivity index (χ1n) is 6.96. The first-order chi connectivity index (χ1) is 10.2. The Morgan fingerprint density at radius 1 is 1.10 bits per heavy atom. The lowest BCUT2D eigenvalue weighted by Crippen LogP contribution is -2.08. The van der Waals surface area contributed by atoms with Crippen molar-refractivity contribution in [3.63, 3.8) is 0 Å². The van der Waals surface area contributed by atoms with Gasteiger partial charge in [0.1, 0.15) is 0 Å². The number of hydrogen-bond donors (Lipinski definition) is 1. The van der Waals surface area contributed by atoms with E-state index < -0.39 is 0 Å². The standard InChI is InChI=1S/C17H17NO3/c1-12-2-4-13(5-3-12)15(19)8-9-18-14-6-7-16-17(10-14)21-11-20-16/h2-7,10,18H,8-9,11H2,1H3. The van der Waals surface area contributed by atoms with Crippen LogP contribution in [0.4, 0.5) is 5.69 Å². The van der Waals surface area contributed by atoms with Gasteiger partial charge in [0.25, 0.3) is 0 Å². The number of rotatable bonds is 5. The number of aryl methyl sites for hydroxylation is 1. The molecule has 0 radical (unpaired) electrons. The normalized spacial score (nSPS) is 12.2. The fourth-order valence-corrected chi connectivity index (χ4v) is 2.21. The largest absolute Gasteiger partial charge is 0.454 e. The molecule has 4 nitrogen and oxygen atoms in total. The predicted octanol–water partition coefficient (Wildman–Crippen LogP) is 3.41. The molecule has 1 N–H and O–H groups in total. The van der Waals surface area contributed by atoms with Crippen LogP contribution < -0.4 is 14.8 Å². The minimum atomic E-state index is 0.142. The second-order valence-corrected chi connectivity index (χ2v) is 5.03. The molecule has 108 valence electrons. The van der Waals surface area contributed by atoms with Gasteiger partial charge in [0.05, 0.1) is 0 Å². The van der Waals surface area contributed by atoms with Gasteiger partial charge in [-0.05, 0) is 19.1 Å². The third-order valence-electron chi connectivity index (χ3n) is 3.43. The molecule has 0 aliphatic carbocycles. The smallest absolute Gasteiger partial charge is 0.231 e. The molecule has 0 aromatic heterocycles. The van der Waals surface area contributed by atoms with E-state index in [2.05, 4.69) is 5.32 Å². The number of anilines is 1. The van der Waals surface area contributed by atoms with Crippen LogP contribution in [0, 0.1) is 6.92 Å². The molecule has 0 fully saturated rings. The lowest BCUT2D eigenvalue weighted by molar-refractivity contribution is 0.0986. The fourth-order valence-electron chi connectivity index (χ4n) is 2.21. The van der Waals surface area contributed by atoms with Gasteiger partial charge < -0.3 is 14.8 Å². The molecule has 0 bridgehead atoms. The second kappa shape index (κ2) is 5.87. The molecule has 2 aromatic carbocycles. The number of benzene rings is 2. The van der Waals surface area contributed by atoms with Crippen LogP contribution in [0.15, 0.2) is 42.5 Å². The minimum Gasteiger partial charge on any atom is -0.454 e. The third-order valence-corrected chi connectivity index (χ3v) is 3.43. The first-order valence-corrected chi connectivity index (χ1v) is 6.96. The van der Waals surface area contributed by atoms with Gasteiger partial charge in [-0.1, -0.05) is 29.8 Å². The summed E-state index contributed by atoms with van der Waals surface area (Å²) in [5.41, 5.74) is 2.84. The van der Waals surface area contributed by atoms with Gasteiger partial charge in [-0.3, -0.25) is 4.79 Å². The van der Waals surface area contributed by atoms with Crippen LogP contribution in [0.5, 0.6) is 11.5 Å². The van der Waals surface area contributed by atoms with E-state index in [1.54, 1.807) is 0 Å². The van der Waals surface area contributed by atoms with E-state index in [9.17, 15) is 4.79 Å². The molecule has 1 heterocycles. The Balaban J connectivity index is 1.54. The topological polar surface area (TPSA) is 47.6 Å². The van der Waals surface area contributed by atoms with Crippen molar-refractivity contribution in [3.8, 4) is 11.5 Å². The zero-order chi connectivity index (χ0) is 14.7. The highest BCUT2D eigenvalue weighted by molar-refractivity contribution is 5.96. The van der Waals surface area contributed by atoms with Crippen molar-refractivity contribution < 1.29 is 14.3 Å². The van der Waals surface area contributed by atoms with E-state index in [1.165, 1.54) is 0 Å². The number of nitrogens with one attached hydrogen (secondary N) is 1. The molecule has 0 saturated heterocycles. The van der Waals surface area contributed by atoms with Crippen LogP contribution in [0.25, 0.3) is 0 Å². The Kier molecular flexibility index (Phi) is 3.77. The van der Waals surface area contributed by atoms with Crippen LogP contribution >= 0.6 is 0 Å². The summed E-state index contributed by atoms with van der Waals surface area (Å²) in [5, 5.41) is 3.23. The van der Waals surface area contributed by atoms with Crippen LogP contribution in [0.2, 0.25) is 0 Å². The molecule has 0 atom stereocenters. The Bertz CT molecular complexity index is 650. The van der Waals surface area contributed by atoms with Crippen LogP contribution in [0.1, 0.15) is 22.3 Å². The molecule has 1 aliphatic rings. The maximum atomic E-state index is 12.0. The SMILES string of the molecule is Cc1ccc(C(=O)CCNc2ccc3c(c2)OCO3)cc1. The molecule has 4 heteroatoms. The molecule has 1 aliphatic heterocycles. The van der Waals surface area contributed by atoms with Crippen molar-refractivity contribution in [2.75, 3.05) is 18.7 Å². The fraction of sp³-hybridized carbons (Fsp3) is 0.235. The van der Waals surface area contributed by atoms with Crippen molar-refractivity contribution in [1.29, 1.82) is 0 Å². The summed E-state index contributed by atoms with van der Waals surface area (Å²) in [6.07, 6.45) is 0.456. The average Bonchev–Trinajstić information content (AvgIpc) is 2.95. The van der Waals surface area contributed by atoms with E-state index in [-0.39, 0.29) is 12.6 Å². The van der Waals surface area contributed by atoms with Crippen molar-refractivity contribution in [1.82, 2.24) is 0 Å². The van der Waals surface area contributed by atoms with Gasteiger partial charge in [0, 0.05) is 30.3 Å². The Morgan fingerprint density at radius 3 is 2.67 bits per heavy atom. The highest BCUT2D eigenvalue weighted by atomic mass is 16.7. The third kappa shape index (κ3) is 3.16.